The number of nitrogens with zero attached hydrogens (tertiary/aromatic N) is 1. The minimum Gasteiger partial charge on any atom is -0.491 e. The van der Waals surface area contributed by atoms with E-state index in [1.54, 1.807) is 23.1 Å². The molecule has 126 valence electrons. The smallest absolute Gasteiger partial charge is 0.337 e. The van der Waals surface area contributed by atoms with Gasteiger partial charge in [-0.1, -0.05) is 6.07 Å². The first-order chi connectivity index (χ1) is 11.2. The molecule has 1 aromatic rings. The zero-order valence-corrected chi connectivity index (χ0v) is 13.5. The second kappa shape index (κ2) is 9.15. The summed E-state index contributed by atoms with van der Waals surface area (Å²) in [7, 11) is 1.34. The van der Waals surface area contributed by atoms with E-state index in [9.17, 15) is 9.59 Å². The first-order valence-electron chi connectivity index (χ1n) is 7.85. The summed E-state index contributed by atoms with van der Waals surface area (Å²) in [6.45, 7) is 3.47. The highest BCUT2D eigenvalue weighted by atomic mass is 16.5. The van der Waals surface area contributed by atoms with Crippen LogP contribution in [0.15, 0.2) is 18.2 Å². The van der Waals surface area contributed by atoms with E-state index in [0.29, 0.717) is 31.0 Å². The van der Waals surface area contributed by atoms with Crippen molar-refractivity contribution in [3.05, 3.63) is 29.3 Å². The summed E-state index contributed by atoms with van der Waals surface area (Å²) in [4.78, 5) is 23.7. The Morgan fingerprint density at radius 1 is 1.22 bits per heavy atom. The van der Waals surface area contributed by atoms with E-state index in [2.05, 4.69) is 4.74 Å². The molecule has 1 amide bonds. The summed E-state index contributed by atoms with van der Waals surface area (Å²) < 4.78 is 15.2. The number of ether oxygens (including phenoxy) is 3. The highest BCUT2D eigenvalue weighted by Gasteiger charge is 2.16. The van der Waals surface area contributed by atoms with Crippen LogP contribution < -0.4 is 4.74 Å². The van der Waals surface area contributed by atoms with E-state index in [-0.39, 0.29) is 0 Å². The third-order valence-corrected chi connectivity index (χ3v) is 3.72. The Labute approximate surface area is 136 Å². The van der Waals surface area contributed by atoms with Gasteiger partial charge in [-0.25, -0.2) is 4.79 Å². The van der Waals surface area contributed by atoms with Gasteiger partial charge < -0.3 is 19.1 Å². The molecule has 6 heteroatoms. The van der Waals surface area contributed by atoms with E-state index in [0.717, 1.165) is 25.2 Å². The normalized spacial score (nSPS) is 16.8. The van der Waals surface area contributed by atoms with Crippen LogP contribution in [-0.2, 0) is 20.8 Å². The molecule has 0 spiro atoms. The number of carbonyl (C=O) groups excluding carboxylic acids is 2. The molecule has 0 bridgehead atoms. The van der Waals surface area contributed by atoms with Crippen molar-refractivity contribution in [2.24, 2.45) is 0 Å². The average Bonchev–Trinajstić information content (AvgIpc) is 2.84. The van der Waals surface area contributed by atoms with Crippen molar-refractivity contribution in [2.45, 2.75) is 25.8 Å². The molecule has 3 rings (SSSR count). The molecule has 1 fully saturated rings. The first-order valence-corrected chi connectivity index (χ1v) is 7.85. The molecule has 0 radical (unpaired) electrons. The third-order valence-electron chi connectivity index (χ3n) is 3.72. The Morgan fingerprint density at radius 3 is 2.57 bits per heavy atom. The molecule has 0 aromatic heterocycles. The van der Waals surface area contributed by atoms with Crippen LogP contribution in [0.25, 0.3) is 0 Å². The first kappa shape index (κ1) is 17.3. The average molecular weight is 321 g/mol. The van der Waals surface area contributed by atoms with Gasteiger partial charge in [0.25, 0.3) is 0 Å². The van der Waals surface area contributed by atoms with Crippen molar-refractivity contribution in [1.29, 1.82) is 0 Å². The maximum absolute atomic E-state index is 11.4. The Morgan fingerprint density at radius 2 is 2.00 bits per heavy atom. The van der Waals surface area contributed by atoms with Crippen molar-refractivity contribution >= 4 is 12.4 Å². The number of carbonyl (C=O) groups is 2. The van der Waals surface area contributed by atoms with E-state index < -0.39 is 5.97 Å². The number of esters is 1. The van der Waals surface area contributed by atoms with Crippen LogP contribution >= 0.6 is 0 Å². The van der Waals surface area contributed by atoms with Crippen LogP contribution in [0.2, 0.25) is 0 Å². The lowest BCUT2D eigenvalue weighted by Crippen LogP contribution is -2.23. The maximum atomic E-state index is 11.4. The van der Waals surface area contributed by atoms with Gasteiger partial charge in [0.1, 0.15) is 12.4 Å². The number of amides is 1. The summed E-state index contributed by atoms with van der Waals surface area (Å²) in [5, 5.41) is 0. The summed E-state index contributed by atoms with van der Waals surface area (Å²) in [5.41, 5.74) is 1.34. The quantitative estimate of drug-likeness (QED) is 0.616. The predicted octanol–water partition coefficient (Wildman–Crippen LogP) is 2.01. The highest BCUT2D eigenvalue weighted by Crippen LogP contribution is 2.24. The van der Waals surface area contributed by atoms with Crippen LogP contribution in [0.3, 0.4) is 0 Å². The molecule has 6 nitrogen and oxygen atoms in total. The van der Waals surface area contributed by atoms with E-state index in [1.807, 2.05) is 0 Å². The topological polar surface area (TPSA) is 65.1 Å². The van der Waals surface area contributed by atoms with Gasteiger partial charge in [-0.15, -0.1) is 0 Å². The number of methoxy groups -OCH3 is 1. The lowest BCUT2D eigenvalue weighted by atomic mass is 10.1. The molecule has 0 unspecified atom stereocenters. The Balaban J connectivity index is 0.000000268. The van der Waals surface area contributed by atoms with Gasteiger partial charge in [-0.05, 0) is 31.4 Å². The van der Waals surface area contributed by atoms with Crippen molar-refractivity contribution in [3.63, 3.8) is 0 Å². The second-order valence-corrected chi connectivity index (χ2v) is 5.41. The lowest BCUT2D eigenvalue weighted by molar-refractivity contribution is -0.118. The third kappa shape index (κ3) is 5.25. The van der Waals surface area contributed by atoms with Gasteiger partial charge in [0.05, 0.1) is 19.2 Å². The fraction of sp³-hybridized carbons (Fsp3) is 0.529. The molecular formula is C17H23NO5. The Bertz CT molecular complexity index is 516. The second-order valence-electron chi connectivity index (χ2n) is 5.41. The lowest BCUT2D eigenvalue weighted by Gasteiger charge is -2.12. The summed E-state index contributed by atoms with van der Waals surface area (Å²) in [5.74, 6) is 0.241. The van der Waals surface area contributed by atoms with Crippen LogP contribution in [-0.4, -0.2) is 50.8 Å². The van der Waals surface area contributed by atoms with Gasteiger partial charge in [0, 0.05) is 25.3 Å². The summed E-state index contributed by atoms with van der Waals surface area (Å²) >= 11 is 0. The van der Waals surface area contributed by atoms with Crippen molar-refractivity contribution < 1.29 is 23.8 Å². The molecule has 1 saturated heterocycles. The summed E-state index contributed by atoms with van der Waals surface area (Å²) in [6, 6.07) is 5.10. The molecule has 0 aliphatic carbocycles. The van der Waals surface area contributed by atoms with Crippen LogP contribution in [0.4, 0.5) is 0 Å². The molecule has 23 heavy (non-hydrogen) atoms. The van der Waals surface area contributed by atoms with Crippen LogP contribution in [0.5, 0.6) is 5.75 Å². The molecule has 2 aliphatic heterocycles. The van der Waals surface area contributed by atoms with Gasteiger partial charge >= 0.3 is 5.97 Å². The fourth-order valence-electron chi connectivity index (χ4n) is 2.41. The van der Waals surface area contributed by atoms with Crippen LogP contribution in [0, 0.1) is 0 Å². The molecular weight excluding hydrogens is 298 g/mol. The van der Waals surface area contributed by atoms with E-state index >= 15 is 0 Å². The van der Waals surface area contributed by atoms with Crippen molar-refractivity contribution in [3.8, 4) is 5.75 Å². The van der Waals surface area contributed by atoms with E-state index in [4.69, 9.17) is 9.47 Å². The maximum Gasteiger partial charge on any atom is 0.337 e. The number of fused-ring (bicyclic) bond motifs is 1. The zero-order chi connectivity index (χ0) is 16.5. The van der Waals surface area contributed by atoms with Crippen molar-refractivity contribution in [1.82, 2.24) is 4.90 Å². The fourth-order valence-corrected chi connectivity index (χ4v) is 2.41. The minimum absolute atomic E-state index is 0.395. The molecule has 0 N–H and O–H groups in total. The number of benzene rings is 1. The minimum atomic E-state index is -0.395. The largest absolute Gasteiger partial charge is 0.491 e. The Hall–Kier alpha value is -2.08. The molecule has 2 heterocycles. The number of rotatable bonds is 2. The molecule has 2 aliphatic rings. The van der Waals surface area contributed by atoms with Crippen LogP contribution in [0.1, 0.15) is 35.2 Å². The van der Waals surface area contributed by atoms with Gasteiger partial charge in [0.2, 0.25) is 6.41 Å². The molecule has 1 aromatic carbocycles. The SMILES string of the molecule is C1CCOCC1.COC(=O)c1ccc2c(c1)OCCN(C=O)C2. The standard InChI is InChI=1S/C12H13NO4.C5H10O/c1-16-12(15)9-2-3-10-7-13(8-14)4-5-17-11(10)6-9;1-2-4-6-5-3-1/h2-3,6,8H,4-5,7H2,1H3;1-5H2. The highest BCUT2D eigenvalue weighted by molar-refractivity contribution is 5.89. The van der Waals surface area contributed by atoms with E-state index in [1.165, 1.54) is 26.4 Å². The molecule has 0 atom stereocenters. The number of hydrogen-bond acceptors (Lipinski definition) is 5. The monoisotopic (exact) mass is 321 g/mol. The number of hydrogen-bond donors (Lipinski definition) is 0. The van der Waals surface area contributed by atoms with Crippen molar-refractivity contribution in [2.75, 3.05) is 33.5 Å². The van der Waals surface area contributed by atoms with Gasteiger partial charge in [-0.3, -0.25) is 4.79 Å². The summed E-state index contributed by atoms with van der Waals surface area (Å²) in [6.07, 6.45) is 4.73. The van der Waals surface area contributed by atoms with Gasteiger partial charge in [-0.2, -0.15) is 0 Å². The zero-order valence-electron chi connectivity index (χ0n) is 13.5. The molecule has 0 saturated carbocycles. The Kier molecular flexibility index (Phi) is 6.87. The predicted molar refractivity (Wildman–Crippen MR) is 84.4 cm³/mol. The van der Waals surface area contributed by atoms with Gasteiger partial charge in [0.15, 0.2) is 0 Å².